The van der Waals surface area contributed by atoms with Crippen molar-refractivity contribution in [3.05, 3.63) is 29.1 Å². The van der Waals surface area contributed by atoms with Crippen molar-refractivity contribution in [1.29, 1.82) is 0 Å². The second-order valence-electron chi connectivity index (χ2n) is 3.97. The van der Waals surface area contributed by atoms with Crippen molar-refractivity contribution in [3.8, 4) is 0 Å². The lowest BCUT2D eigenvalue weighted by molar-refractivity contribution is 0.0938. The van der Waals surface area contributed by atoms with E-state index in [1.54, 1.807) is 6.92 Å². The van der Waals surface area contributed by atoms with Crippen molar-refractivity contribution in [2.24, 2.45) is 0 Å². The third-order valence-corrected chi connectivity index (χ3v) is 2.58. The molecule has 0 radical (unpaired) electrons. The van der Waals surface area contributed by atoms with Crippen molar-refractivity contribution in [2.45, 2.75) is 33.2 Å². The Morgan fingerprint density at radius 3 is 2.75 bits per heavy atom. The number of benzene rings is 1. The summed E-state index contributed by atoms with van der Waals surface area (Å²) in [4.78, 5) is 11.8. The number of aryl methyl sites for hydroxylation is 1. The Morgan fingerprint density at radius 2 is 2.19 bits per heavy atom. The molecule has 88 valence electrons. The number of anilines is 1. The zero-order valence-electron chi connectivity index (χ0n) is 9.80. The van der Waals surface area contributed by atoms with Gasteiger partial charge in [0.05, 0.1) is 5.69 Å². The van der Waals surface area contributed by atoms with Gasteiger partial charge in [0.15, 0.2) is 0 Å². The standard InChI is InChI=1S/C12H17FN2O/c1-4-8(3)15-12(16)9-6-11(14)10(13)5-7(9)2/h5-6,8H,4,14H2,1-3H3,(H,15,16)/t8-/m0/s1. The Kier molecular flexibility index (Phi) is 3.88. The second kappa shape index (κ2) is 4.96. The van der Waals surface area contributed by atoms with E-state index in [-0.39, 0.29) is 17.6 Å². The summed E-state index contributed by atoms with van der Waals surface area (Å²) in [6, 6.07) is 2.75. The van der Waals surface area contributed by atoms with Crippen LogP contribution in [0.4, 0.5) is 10.1 Å². The summed E-state index contributed by atoms with van der Waals surface area (Å²) < 4.78 is 13.1. The molecule has 0 heterocycles. The fraction of sp³-hybridized carbons (Fsp3) is 0.417. The van der Waals surface area contributed by atoms with Gasteiger partial charge >= 0.3 is 0 Å². The molecule has 1 aromatic carbocycles. The van der Waals surface area contributed by atoms with Crippen LogP contribution in [0.1, 0.15) is 36.2 Å². The number of nitrogens with two attached hydrogens (primary N) is 1. The minimum Gasteiger partial charge on any atom is -0.396 e. The van der Waals surface area contributed by atoms with Crippen LogP contribution in [-0.2, 0) is 0 Å². The molecule has 0 bridgehead atoms. The largest absolute Gasteiger partial charge is 0.396 e. The fourth-order valence-electron chi connectivity index (χ4n) is 1.34. The van der Waals surface area contributed by atoms with Gasteiger partial charge in [-0.3, -0.25) is 4.79 Å². The number of nitrogens with one attached hydrogen (secondary N) is 1. The maximum absolute atomic E-state index is 13.1. The van der Waals surface area contributed by atoms with Gasteiger partial charge in [-0.2, -0.15) is 0 Å². The first-order valence-electron chi connectivity index (χ1n) is 5.32. The molecule has 0 saturated heterocycles. The van der Waals surface area contributed by atoms with E-state index in [1.165, 1.54) is 12.1 Å². The van der Waals surface area contributed by atoms with E-state index < -0.39 is 5.82 Å². The van der Waals surface area contributed by atoms with Crippen LogP contribution in [0.25, 0.3) is 0 Å². The van der Waals surface area contributed by atoms with Crippen LogP contribution in [0.5, 0.6) is 0 Å². The normalized spacial score (nSPS) is 12.2. The summed E-state index contributed by atoms with van der Waals surface area (Å²) in [5.74, 6) is -0.698. The quantitative estimate of drug-likeness (QED) is 0.774. The molecule has 0 saturated carbocycles. The average molecular weight is 224 g/mol. The first kappa shape index (κ1) is 12.5. The number of carbonyl (C=O) groups is 1. The molecule has 0 aromatic heterocycles. The third kappa shape index (κ3) is 2.72. The van der Waals surface area contributed by atoms with Crippen LogP contribution < -0.4 is 11.1 Å². The summed E-state index contributed by atoms with van der Waals surface area (Å²) in [5.41, 5.74) is 6.46. The molecule has 0 spiro atoms. The predicted molar refractivity (Wildman–Crippen MR) is 62.8 cm³/mol. The molecule has 3 nitrogen and oxygen atoms in total. The highest BCUT2D eigenvalue weighted by Gasteiger charge is 2.13. The van der Waals surface area contributed by atoms with Crippen molar-refractivity contribution in [1.82, 2.24) is 5.32 Å². The van der Waals surface area contributed by atoms with E-state index >= 15 is 0 Å². The van der Waals surface area contributed by atoms with Gasteiger partial charge in [-0.15, -0.1) is 0 Å². The molecule has 0 unspecified atom stereocenters. The maximum atomic E-state index is 13.1. The fourth-order valence-corrected chi connectivity index (χ4v) is 1.34. The van der Waals surface area contributed by atoms with E-state index in [4.69, 9.17) is 5.73 Å². The minimum absolute atomic E-state index is 0.0000912. The SMILES string of the molecule is CC[C@H](C)NC(=O)c1cc(N)c(F)cc1C. The Hall–Kier alpha value is -1.58. The first-order valence-corrected chi connectivity index (χ1v) is 5.32. The minimum atomic E-state index is -0.488. The van der Waals surface area contributed by atoms with E-state index in [0.717, 1.165) is 6.42 Å². The molecular formula is C12H17FN2O. The molecule has 1 atom stereocenters. The molecule has 4 heteroatoms. The van der Waals surface area contributed by atoms with E-state index in [2.05, 4.69) is 5.32 Å². The monoisotopic (exact) mass is 224 g/mol. The zero-order chi connectivity index (χ0) is 12.3. The molecule has 0 aliphatic carbocycles. The van der Waals surface area contributed by atoms with E-state index in [1.807, 2.05) is 13.8 Å². The van der Waals surface area contributed by atoms with Gasteiger partial charge in [0.1, 0.15) is 5.82 Å². The number of hydrogen-bond acceptors (Lipinski definition) is 2. The predicted octanol–water partition coefficient (Wildman–Crippen LogP) is 2.24. The van der Waals surface area contributed by atoms with Gasteiger partial charge in [-0.25, -0.2) is 4.39 Å². The summed E-state index contributed by atoms with van der Waals surface area (Å²) >= 11 is 0. The zero-order valence-corrected chi connectivity index (χ0v) is 9.80. The van der Waals surface area contributed by atoms with Gasteiger partial charge in [0.2, 0.25) is 0 Å². The number of hydrogen-bond donors (Lipinski definition) is 2. The molecule has 0 fully saturated rings. The average Bonchev–Trinajstić information content (AvgIpc) is 2.23. The summed E-state index contributed by atoms with van der Waals surface area (Å²) in [5, 5.41) is 2.82. The number of carbonyl (C=O) groups excluding carboxylic acids is 1. The van der Waals surface area contributed by atoms with Gasteiger partial charge in [-0.1, -0.05) is 6.92 Å². The smallest absolute Gasteiger partial charge is 0.251 e. The van der Waals surface area contributed by atoms with Crippen LogP contribution in [0.15, 0.2) is 12.1 Å². The number of rotatable bonds is 3. The molecule has 3 N–H and O–H groups in total. The second-order valence-corrected chi connectivity index (χ2v) is 3.97. The topological polar surface area (TPSA) is 55.1 Å². The Morgan fingerprint density at radius 1 is 1.56 bits per heavy atom. The van der Waals surface area contributed by atoms with Crippen molar-refractivity contribution in [2.75, 3.05) is 5.73 Å². The van der Waals surface area contributed by atoms with Crippen LogP contribution >= 0.6 is 0 Å². The van der Waals surface area contributed by atoms with Crippen LogP contribution in [-0.4, -0.2) is 11.9 Å². The van der Waals surface area contributed by atoms with Gasteiger partial charge < -0.3 is 11.1 Å². The highest BCUT2D eigenvalue weighted by molar-refractivity contribution is 5.96. The summed E-state index contributed by atoms with van der Waals surface area (Å²) in [7, 11) is 0. The third-order valence-electron chi connectivity index (χ3n) is 2.58. The highest BCUT2D eigenvalue weighted by atomic mass is 19.1. The molecule has 0 aliphatic rings. The van der Waals surface area contributed by atoms with Gasteiger partial charge in [0.25, 0.3) is 5.91 Å². The Balaban J connectivity index is 2.96. The molecule has 16 heavy (non-hydrogen) atoms. The van der Waals surface area contributed by atoms with Crippen LogP contribution in [0.3, 0.4) is 0 Å². The van der Waals surface area contributed by atoms with Crippen molar-refractivity contribution >= 4 is 11.6 Å². The first-order chi connectivity index (χ1) is 7.45. The lowest BCUT2D eigenvalue weighted by atomic mass is 10.1. The maximum Gasteiger partial charge on any atom is 0.251 e. The lowest BCUT2D eigenvalue weighted by Crippen LogP contribution is -2.32. The summed E-state index contributed by atoms with van der Waals surface area (Å²) in [6.07, 6.45) is 0.849. The Labute approximate surface area is 94.8 Å². The number of nitrogen functional groups attached to an aromatic ring is 1. The van der Waals surface area contributed by atoms with Crippen LogP contribution in [0.2, 0.25) is 0 Å². The molecule has 1 rings (SSSR count). The van der Waals surface area contributed by atoms with Crippen molar-refractivity contribution < 1.29 is 9.18 Å². The van der Waals surface area contributed by atoms with Gasteiger partial charge in [-0.05, 0) is 38.0 Å². The van der Waals surface area contributed by atoms with Crippen molar-refractivity contribution in [3.63, 3.8) is 0 Å². The molecule has 0 aliphatic heterocycles. The Bertz CT molecular complexity index is 404. The molecular weight excluding hydrogens is 207 g/mol. The summed E-state index contributed by atoms with van der Waals surface area (Å²) in [6.45, 7) is 5.59. The number of halogens is 1. The lowest BCUT2D eigenvalue weighted by Gasteiger charge is -2.13. The van der Waals surface area contributed by atoms with Gasteiger partial charge in [0, 0.05) is 11.6 Å². The van der Waals surface area contributed by atoms with E-state index in [0.29, 0.717) is 11.1 Å². The molecule has 1 aromatic rings. The highest BCUT2D eigenvalue weighted by Crippen LogP contribution is 2.17. The van der Waals surface area contributed by atoms with E-state index in [9.17, 15) is 9.18 Å². The van der Waals surface area contributed by atoms with Crippen LogP contribution in [0, 0.1) is 12.7 Å². The molecule has 1 amide bonds. The number of amides is 1.